The van der Waals surface area contributed by atoms with E-state index in [0.29, 0.717) is 0 Å². The van der Waals surface area contributed by atoms with Crippen LogP contribution in [0.5, 0.6) is 0 Å². The molecule has 2 aliphatic heterocycles. The minimum absolute atomic E-state index is 0.154. The van der Waals surface area contributed by atoms with E-state index in [1.54, 1.807) is 0 Å². The van der Waals surface area contributed by atoms with E-state index in [-0.39, 0.29) is 11.4 Å². The van der Waals surface area contributed by atoms with Gasteiger partial charge in [0.2, 0.25) is 5.91 Å². The Balaban J connectivity index is 2.07. The summed E-state index contributed by atoms with van der Waals surface area (Å²) in [5.41, 5.74) is 0.739. The van der Waals surface area contributed by atoms with Crippen LogP contribution in [0.15, 0.2) is 29.4 Å². The Morgan fingerprint density at radius 1 is 1.41 bits per heavy atom. The lowest BCUT2D eigenvalue weighted by Gasteiger charge is -2.20. The van der Waals surface area contributed by atoms with Crippen molar-refractivity contribution in [1.29, 1.82) is 0 Å². The minimum atomic E-state index is -1.43. The van der Waals surface area contributed by atoms with Crippen LogP contribution in [0.4, 0.5) is 10.1 Å². The quantitative estimate of drug-likeness (QED) is 0.623. The Morgan fingerprint density at radius 3 is 2.73 bits per heavy atom. The van der Waals surface area contributed by atoms with Crippen LogP contribution in [-0.2, 0) is 19.1 Å². The number of esters is 1. The first-order valence-corrected chi connectivity index (χ1v) is 6.48. The lowest BCUT2D eigenvalue weighted by atomic mass is 9.86. The number of methoxy groups -OCH3 is 1. The fourth-order valence-electron chi connectivity index (χ4n) is 2.70. The monoisotopic (exact) mass is 305 g/mol. The molecule has 1 aromatic carbocycles. The van der Waals surface area contributed by atoms with Gasteiger partial charge in [-0.3, -0.25) is 15.0 Å². The van der Waals surface area contributed by atoms with Crippen LogP contribution in [0.1, 0.15) is 6.92 Å². The summed E-state index contributed by atoms with van der Waals surface area (Å²) in [7, 11) is 1.15. The number of nitrogens with zero attached hydrogens (tertiary/aromatic N) is 2. The van der Waals surface area contributed by atoms with Crippen molar-refractivity contribution in [3.63, 3.8) is 0 Å². The first-order chi connectivity index (χ1) is 10.4. The molecule has 0 aromatic heterocycles. The lowest BCUT2D eigenvalue weighted by Crippen LogP contribution is -2.48. The molecular weight excluding hydrogens is 293 g/mol. The molecule has 2 atom stereocenters. The topological polar surface area (TPSA) is 88.1 Å². The average molecular weight is 305 g/mol. The second-order valence-corrected chi connectivity index (χ2v) is 5.17. The van der Waals surface area contributed by atoms with Gasteiger partial charge in [0.15, 0.2) is 5.71 Å². The number of benzene rings is 1. The van der Waals surface area contributed by atoms with Crippen LogP contribution in [-0.4, -0.2) is 36.1 Å². The largest absolute Gasteiger partial charge is 0.464 e. The van der Waals surface area contributed by atoms with E-state index in [1.165, 1.54) is 25.1 Å². The lowest BCUT2D eigenvalue weighted by molar-refractivity contribution is -0.133. The highest BCUT2D eigenvalue weighted by Crippen LogP contribution is 2.38. The molecule has 3 rings (SSSR count). The molecule has 0 spiro atoms. The number of hydrazone groups is 1. The van der Waals surface area contributed by atoms with Crippen molar-refractivity contribution >= 4 is 29.2 Å². The standard InChI is InChI=1S/C14H12FN3O4/c1-14-9(10(16-17-14)12(20)22-2)11(19)18(13(14)21)8-6-4-3-5-7(8)15/h3-6,9,17H,1-2H3/t9-,14-/m1/s1. The molecule has 114 valence electrons. The molecule has 1 aromatic rings. The molecule has 2 heterocycles. The van der Waals surface area contributed by atoms with Crippen LogP contribution in [0.25, 0.3) is 0 Å². The third kappa shape index (κ3) is 1.66. The van der Waals surface area contributed by atoms with Crippen LogP contribution in [0.2, 0.25) is 0 Å². The molecule has 0 radical (unpaired) electrons. The van der Waals surface area contributed by atoms with Gasteiger partial charge >= 0.3 is 5.97 Å². The van der Waals surface area contributed by atoms with Gasteiger partial charge in [-0.15, -0.1) is 0 Å². The number of halogens is 1. The van der Waals surface area contributed by atoms with E-state index < -0.39 is 35.1 Å². The number of imide groups is 1. The molecule has 1 saturated heterocycles. The predicted octanol–water partition coefficient (Wildman–Crippen LogP) is 0.206. The number of hydrogen-bond acceptors (Lipinski definition) is 6. The van der Waals surface area contributed by atoms with Gasteiger partial charge in [-0.2, -0.15) is 5.10 Å². The van der Waals surface area contributed by atoms with Crippen molar-refractivity contribution in [2.75, 3.05) is 12.0 Å². The van der Waals surface area contributed by atoms with Crippen molar-refractivity contribution < 1.29 is 23.5 Å². The molecule has 0 bridgehead atoms. The van der Waals surface area contributed by atoms with Gasteiger partial charge in [0, 0.05) is 0 Å². The summed E-state index contributed by atoms with van der Waals surface area (Å²) in [5, 5.41) is 3.74. The van der Waals surface area contributed by atoms with Gasteiger partial charge in [0.25, 0.3) is 5.91 Å². The zero-order chi connectivity index (χ0) is 16.1. The number of carbonyl (C=O) groups is 3. The fourth-order valence-corrected chi connectivity index (χ4v) is 2.70. The van der Waals surface area contributed by atoms with Crippen molar-refractivity contribution in [3.05, 3.63) is 30.1 Å². The van der Waals surface area contributed by atoms with E-state index in [2.05, 4.69) is 15.3 Å². The predicted molar refractivity (Wildman–Crippen MR) is 73.4 cm³/mol. The Labute approximate surface area is 124 Å². The summed E-state index contributed by atoms with van der Waals surface area (Å²) in [6.45, 7) is 1.44. The number of fused-ring (bicyclic) bond motifs is 1. The van der Waals surface area contributed by atoms with Crippen molar-refractivity contribution in [3.8, 4) is 0 Å². The molecule has 22 heavy (non-hydrogen) atoms. The molecule has 2 aliphatic rings. The summed E-state index contributed by atoms with van der Waals surface area (Å²) in [6.07, 6.45) is 0. The summed E-state index contributed by atoms with van der Waals surface area (Å²) >= 11 is 0. The van der Waals surface area contributed by atoms with Gasteiger partial charge in [-0.1, -0.05) is 12.1 Å². The maximum Gasteiger partial charge on any atom is 0.355 e. The van der Waals surface area contributed by atoms with Crippen molar-refractivity contribution in [1.82, 2.24) is 5.43 Å². The summed E-state index contributed by atoms with van der Waals surface area (Å²) in [6, 6.07) is 5.43. The van der Waals surface area contributed by atoms with E-state index in [0.717, 1.165) is 18.1 Å². The van der Waals surface area contributed by atoms with E-state index in [9.17, 15) is 18.8 Å². The molecule has 7 nitrogen and oxygen atoms in total. The maximum absolute atomic E-state index is 13.9. The van der Waals surface area contributed by atoms with Crippen LogP contribution < -0.4 is 10.3 Å². The Bertz CT molecular complexity index is 733. The van der Waals surface area contributed by atoms with E-state index >= 15 is 0 Å². The fraction of sp³-hybridized carbons (Fsp3) is 0.286. The molecule has 0 unspecified atom stereocenters. The molecule has 8 heteroatoms. The van der Waals surface area contributed by atoms with Crippen molar-refractivity contribution in [2.45, 2.75) is 12.5 Å². The normalized spacial score (nSPS) is 26.6. The number of anilines is 1. The summed E-state index contributed by atoms with van der Waals surface area (Å²) < 4.78 is 18.5. The molecule has 1 fully saturated rings. The SMILES string of the molecule is COC(=O)C1=NN[C@@]2(C)C(=O)N(c3ccccc3F)C(=O)[C@@H]12. The molecule has 0 saturated carbocycles. The molecule has 1 N–H and O–H groups in total. The maximum atomic E-state index is 13.9. The first-order valence-electron chi connectivity index (χ1n) is 6.48. The number of hydrogen-bond donors (Lipinski definition) is 1. The zero-order valence-electron chi connectivity index (χ0n) is 11.8. The molecule has 2 amide bonds. The smallest absolute Gasteiger partial charge is 0.355 e. The summed E-state index contributed by atoms with van der Waals surface area (Å²) in [4.78, 5) is 37.6. The zero-order valence-corrected chi connectivity index (χ0v) is 11.8. The van der Waals surface area contributed by atoms with Gasteiger partial charge in [0.05, 0.1) is 12.8 Å². The molecular formula is C14H12FN3O4. The number of rotatable bonds is 2. The highest BCUT2D eigenvalue weighted by Gasteiger charge is 2.63. The second kappa shape index (κ2) is 4.62. The Hall–Kier alpha value is -2.77. The van der Waals surface area contributed by atoms with Crippen LogP contribution in [0, 0.1) is 11.7 Å². The van der Waals surface area contributed by atoms with Gasteiger partial charge in [-0.05, 0) is 19.1 Å². The Morgan fingerprint density at radius 2 is 2.09 bits per heavy atom. The number of amides is 2. The van der Waals surface area contributed by atoms with Crippen LogP contribution in [0.3, 0.4) is 0 Å². The average Bonchev–Trinajstić information content (AvgIpc) is 2.95. The third-order valence-corrected chi connectivity index (χ3v) is 3.86. The van der Waals surface area contributed by atoms with Crippen molar-refractivity contribution in [2.24, 2.45) is 11.0 Å². The number of ether oxygens (including phenoxy) is 1. The minimum Gasteiger partial charge on any atom is -0.464 e. The number of carbonyl (C=O) groups excluding carboxylic acids is 3. The highest BCUT2D eigenvalue weighted by atomic mass is 19.1. The summed E-state index contributed by atoms with van der Waals surface area (Å²) in [5.74, 6) is -4.05. The van der Waals surface area contributed by atoms with Gasteiger partial charge in [0.1, 0.15) is 17.3 Å². The Kier molecular flexibility index (Phi) is 2.98. The van der Waals surface area contributed by atoms with Crippen LogP contribution >= 0.6 is 0 Å². The van der Waals surface area contributed by atoms with Gasteiger partial charge in [-0.25, -0.2) is 14.1 Å². The third-order valence-electron chi connectivity index (χ3n) is 3.86. The van der Waals surface area contributed by atoms with E-state index in [4.69, 9.17) is 0 Å². The molecule has 0 aliphatic carbocycles. The second-order valence-electron chi connectivity index (χ2n) is 5.17. The number of nitrogens with one attached hydrogen (secondary N) is 1. The first kappa shape index (κ1) is 14.2. The van der Waals surface area contributed by atoms with Gasteiger partial charge < -0.3 is 4.74 Å². The number of para-hydroxylation sites is 1. The highest BCUT2D eigenvalue weighted by molar-refractivity contribution is 6.47. The van der Waals surface area contributed by atoms with E-state index in [1.807, 2.05) is 0 Å².